The summed E-state index contributed by atoms with van der Waals surface area (Å²) in [4.78, 5) is 4.33. The minimum Gasteiger partial charge on any atom is -0.493 e. The maximum atomic E-state index is 5.36. The average molecular weight is 304 g/mol. The molecule has 21 heavy (non-hydrogen) atoms. The van der Waals surface area contributed by atoms with Gasteiger partial charge < -0.3 is 14.8 Å². The number of thioether (sulfide) groups is 1. The van der Waals surface area contributed by atoms with Crippen LogP contribution in [0.3, 0.4) is 0 Å². The van der Waals surface area contributed by atoms with Crippen molar-refractivity contribution in [1.29, 1.82) is 0 Å². The Kier molecular flexibility index (Phi) is 5.90. The quantitative estimate of drug-likeness (QED) is 0.796. The molecular formula is C16H20N2O2S. The van der Waals surface area contributed by atoms with Gasteiger partial charge in [0.25, 0.3) is 0 Å². The molecule has 0 radical (unpaired) electrons. The summed E-state index contributed by atoms with van der Waals surface area (Å²) in [6.07, 6.45) is 1.81. The molecule has 5 heteroatoms. The van der Waals surface area contributed by atoms with Crippen LogP contribution in [0.5, 0.6) is 11.5 Å². The second kappa shape index (κ2) is 7.90. The van der Waals surface area contributed by atoms with Crippen molar-refractivity contribution in [2.24, 2.45) is 0 Å². The summed E-state index contributed by atoms with van der Waals surface area (Å²) in [6.45, 7) is 0. The minimum atomic E-state index is 0.219. The van der Waals surface area contributed by atoms with Gasteiger partial charge in [0.05, 0.1) is 19.2 Å². The molecule has 0 bridgehead atoms. The Morgan fingerprint density at radius 3 is 2.57 bits per heavy atom. The molecular weight excluding hydrogens is 284 g/mol. The van der Waals surface area contributed by atoms with E-state index in [2.05, 4.69) is 16.4 Å². The highest BCUT2D eigenvalue weighted by Crippen LogP contribution is 2.31. The number of rotatable bonds is 7. The lowest BCUT2D eigenvalue weighted by atomic mass is 10.1. The van der Waals surface area contributed by atoms with E-state index in [1.165, 1.54) is 5.56 Å². The number of pyridine rings is 1. The topological polar surface area (TPSA) is 43.4 Å². The molecule has 1 unspecified atom stereocenters. The Hall–Kier alpha value is -1.72. The van der Waals surface area contributed by atoms with Crippen LogP contribution in [0.4, 0.5) is 0 Å². The van der Waals surface area contributed by atoms with Crippen molar-refractivity contribution in [1.82, 2.24) is 10.3 Å². The van der Waals surface area contributed by atoms with Crippen molar-refractivity contribution < 1.29 is 9.47 Å². The van der Waals surface area contributed by atoms with E-state index in [0.717, 1.165) is 22.3 Å². The van der Waals surface area contributed by atoms with Crippen LogP contribution in [0.15, 0.2) is 47.6 Å². The van der Waals surface area contributed by atoms with Crippen molar-refractivity contribution in [3.63, 3.8) is 0 Å². The van der Waals surface area contributed by atoms with Gasteiger partial charge in [-0.2, -0.15) is 0 Å². The van der Waals surface area contributed by atoms with Gasteiger partial charge in [0.15, 0.2) is 11.5 Å². The van der Waals surface area contributed by atoms with E-state index in [-0.39, 0.29) is 6.04 Å². The molecule has 2 rings (SSSR count). The molecule has 112 valence electrons. The SMILES string of the molecule is CNC(CSc1ccccn1)c1ccc(OC)c(OC)c1. The number of ether oxygens (including phenoxy) is 2. The molecule has 2 aromatic rings. The highest BCUT2D eigenvalue weighted by Gasteiger charge is 2.13. The first-order chi connectivity index (χ1) is 10.3. The fourth-order valence-corrected chi connectivity index (χ4v) is 3.02. The van der Waals surface area contributed by atoms with Gasteiger partial charge in [-0.1, -0.05) is 12.1 Å². The molecule has 1 atom stereocenters. The largest absolute Gasteiger partial charge is 0.493 e. The number of hydrogen-bond donors (Lipinski definition) is 1. The standard InChI is InChI=1S/C16H20N2O2S/c1-17-13(11-21-16-6-4-5-9-18-16)12-7-8-14(19-2)15(10-12)20-3/h4-10,13,17H,11H2,1-3H3. The van der Waals surface area contributed by atoms with Crippen molar-refractivity contribution in [3.8, 4) is 11.5 Å². The van der Waals surface area contributed by atoms with Crippen molar-refractivity contribution >= 4 is 11.8 Å². The number of nitrogens with zero attached hydrogens (tertiary/aromatic N) is 1. The summed E-state index contributed by atoms with van der Waals surface area (Å²) in [5.41, 5.74) is 1.17. The zero-order valence-electron chi connectivity index (χ0n) is 12.5. The Morgan fingerprint density at radius 1 is 1.14 bits per heavy atom. The Bertz CT molecular complexity index is 563. The zero-order chi connectivity index (χ0) is 15.1. The molecule has 0 saturated heterocycles. The Morgan fingerprint density at radius 2 is 1.95 bits per heavy atom. The Labute approximate surface area is 129 Å². The first-order valence-corrected chi connectivity index (χ1v) is 7.70. The third kappa shape index (κ3) is 4.12. The van der Waals surface area contributed by atoms with Crippen molar-refractivity contribution in [2.75, 3.05) is 27.0 Å². The van der Waals surface area contributed by atoms with Crippen LogP contribution in [0.1, 0.15) is 11.6 Å². The maximum absolute atomic E-state index is 5.36. The van der Waals surface area contributed by atoms with Gasteiger partial charge in [-0.05, 0) is 36.9 Å². The average Bonchev–Trinajstić information content (AvgIpc) is 2.56. The molecule has 0 spiro atoms. The van der Waals surface area contributed by atoms with Crippen LogP contribution in [0, 0.1) is 0 Å². The van der Waals surface area contributed by atoms with Gasteiger partial charge in [-0.3, -0.25) is 0 Å². The summed E-state index contributed by atoms with van der Waals surface area (Å²) in [5.74, 6) is 2.38. The number of hydrogen-bond acceptors (Lipinski definition) is 5. The van der Waals surface area contributed by atoms with Crippen LogP contribution in [-0.2, 0) is 0 Å². The molecule has 1 aromatic carbocycles. The molecule has 1 N–H and O–H groups in total. The van der Waals surface area contributed by atoms with Gasteiger partial charge >= 0.3 is 0 Å². The predicted molar refractivity (Wildman–Crippen MR) is 86.3 cm³/mol. The van der Waals surface area contributed by atoms with Gasteiger partial charge in [-0.15, -0.1) is 11.8 Å². The monoisotopic (exact) mass is 304 g/mol. The van der Waals surface area contributed by atoms with Gasteiger partial charge in [0, 0.05) is 18.0 Å². The number of aromatic nitrogens is 1. The number of methoxy groups -OCH3 is 2. The molecule has 0 saturated carbocycles. The molecule has 0 aliphatic carbocycles. The van der Waals surface area contributed by atoms with Crippen molar-refractivity contribution in [3.05, 3.63) is 48.2 Å². The normalized spacial score (nSPS) is 12.0. The van der Waals surface area contributed by atoms with Crippen LogP contribution in [-0.4, -0.2) is 32.0 Å². The van der Waals surface area contributed by atoms with E-state index >= 15 is 0 Å². The van der Waals surface area contributed by atoms with E-state index in [9.17, 15) is 0 Å². The summed E-state index contributed by atoms with van der Waals surface area (Å²) in [6, 6.07) is 12.2. The minimum absolute atomic E-state index is 0.219. The summed E-state index contributed by atoms with van der Waals surface area (Å²) in [5, 5.41) is 4.36. The van der Waals surface area contributed by atoms with Crippen LogP contribution in [0.2, 0.25) is 0 Å². The number of benzene rings is 1. The molecule has 1 aromatic heterocycles. The summed E-state index contributed by atoms with van der Waals surface area (Å²) < 4.78 is 10.6. The third-order valence-electron chi connectivity index (χ3n) is 3.19. The summed E-state index contributed by atoms with van der Waals surface area (Å²) in [7, 11) is 5.25. The van der Waals surface area contributed by atoms with Crippen LogP contribution >= 0.6 is 11.8 Å². The Balaban J connectivity index is 2.10. The molecule has 4 nitrogen and oxygen atoms in total. The van der Waals surface area contributed by atoms with Crippen LogP contribution in [0.25, 0.3) is 0 Å². The van der Waals surface area contributed by atoms with E-state index in [1.807, 2.05) is 43.6 Å². The first kappa shape index (κ1) is 15.7. The molecule has 0 fully saturated rings. The zero-order valence-corrected chi connectivity index (χ0v) is 13.3. The lowest BCUT2D eigenvalue weighted by Gasteiger charge is -2.18. The third-order valence-corrected chi connectivity index (χ3v) is 4.23. The van der Waals surface area contributed by atoms with Gasteiger partial charge in [-0.25, -0.2) is 4.98 Å². The second-order valence-corrected chi connectivity index (χ2v) is 5.47. The second-order valence-electron chi connectivity index (χ2n) is 4.43. The summed E-state index contributed by atoms with van der Waals surface area (Å²) >= 11 is 1.73. The molecule has 1 heterocycles. The maximum Gasteiger partial charge on any atom is 0.161 e. The van der Waals surface area contributed by atoms with E-state index in [4.69, 9.17) is 9.47 Å². The smallest absolute Gasteiger partial charge is 0.161 e. The lowest BCUT2D eigenvalue weighted by molar-refractivity contribution is 0.354. The van der Waals surface area contributed by atoms with Gasteiger partial charge in [0.1, 0.15) is 0 Å². The fraction of sp³-hybridized carbons (Fsp3) is 0.312. The highest BCUT2D eigenvalue weighted by molar-refractivity contribution is 7.99. The van der Waals surface area contributed by atoms with E-state index < -0.39 is 0 Å². The van der Waals surface area contributed by atoms with Gasteiger partial charge in [0.2, 0.25) is 0 Å². The van der Waals surface area contributed by atoms with Crippen molar-refractivity contribution in [2.45, 2.75) is 11.1 Å². The molecule has 0 amide bonds. The highest BCUT2D eigenvalue weighted by atomic mass is 32.2. The van der Waals surface area contributed by atoms with E-state index in [1.54, 1.807) is 26.0 Å². The predicted octanol–water partition coefficient (Wildman–Crippen LogP) is 3.15. The fourth-order valence-electron chi connectivity index (χ4n) is 2.02. The van der Waals surface area contributed by atoms with E-state index in [0.29, 0.717) is 0 Å². The molecule has 0 aliphatic heterocycles. The van der Waals surface area contributed by atoms with Crippen LogP contribution < -0.4 is 14.8 Å². The first-order valence-electron chi connectivity index (χ1n) is 6.71. The lowest BCUT2D eigenvalue weighted by Crippen LogP contribution is -2.18. The number of nitrogens with one attached hydrogen (secondary N) is 1. The molecule has 0 aliphatic rings.